The van der Waals surface area contributed by atoms with Crippen molar-refractivity contribution in [2.24, 2.45) is 0 Å². The summed E-state index contributed by atoms with van der Waals surface area (Å²) in [7, 11) is 0. The van der Waals surface area contributed by atoms with Crippen molar-refractivity contribution in [3.8, 4) is 0 Å². The van der Waals surface area contributed by atoms with Gasteiger partial charge in [-0.25, -0.2) is 0 Å². The Labute approximate surface area is 355 Å². The first-order valence-corrected chi connectivity index (χ1v) is 24.3. The number of carbonyl (C=O) groups excluding carboxylic acids is 2. The van der Waals surface area contributed by atoms with Crippen LogP contribution in [0.25, 0.3) is 0 Å². The van der Waals surface area contributed by atoms with Gasteiger partial charge in [0.1, 0.15) is 0 Å². The van der Waals surface area contributed by atoms with Gasteiger partial charge in [0, 0.05) is 44.9 Å². The topological polar surface area (TPSA) is 78.4 Å². The van der Waals surface area contributed by atoms with E-state index in [2.05, 4.69) is 62.6 Å². The number of unbranched alkanes of at least 4 members (excludes halogenated alkanes) is 22. The molecule has 0 saturated carbocycles. The van der Waals surface area contributed by atoms with Crippen molar-refractivity contribution in [3.05, 3.63) is 24.3 Å². The van der Waals surface area contributed by atoms with Crippen LogP contribution in [-0.4, -0.2) is 66.8 Å². The first kappa shape index (κ1) is 56.7. The first-order valence-electron chi connectivity index (χ1n) is 24.3. The number of rotatable bonds is 43. The van der Waals surface area contributed by atoms with Gasteiger partial charge >= 0.3 is 0 Å². The SMILES string of the molecule is CCCCCCCC/C=C\CCCCCCCC(=O)NCCC[N+](CC)(CC)CCC(CCCO)NC(=O)CCCCCCC/C=C\CCCCCCCC.[Cl-]. The average molecular weight is 811 g/mol. The maximum absolute atomic E-state index is 12.9. The Morgan fingerprint density at radius 3 is 1.34 bits per heavy atom. The van der Waals surface area contributed by atoms with E-state index >= 15 is 0 Å². The molecular weight excluding hydrogens is 714 g/mol. The van der Waals surface area contributed by atoms with E-state index in [4.69, 9.17) is 0 Å². The zero-order valence-corrected chi connectivity index (χ0v) is 38.6. The van der Waals surface area contributed by atoms with Crippen LogP contribution in [0.15, 0.2) is 24.3 Å². The van der Waals surface area contributed by atoms with E-state index in [0.717, 1.165) is 88.6 Å². The lowest BCUT2D eigenvalue weighted by molar-refractivity contribution is -0.925. The zero-order chi connectivity index (χ0) is 40.3. The standard InChI is InChI=1S/C49H95N3O3.ClH/c1-5-9-11-13-15-17-19-21-23-25-27-29-31-33-35-40-48(54)50-43-38-44-52(7-3,8-4)45-42-47(39-37-46-53)51-49(55)41-36-34-32-30-28-26-24-22-20-18-16-14-12-10-6-2;/h21-24,47,53H,5-20,25-46H2,1-4H3,(H-,50,51,54,55);1H/b23-21-,24-22-;. The Kier molecular flexibility index (Phi) is 45.3. The molecule has 0 fully saturated rings. The highest BCUT2D eigenvalue weighted by molar-refractivity contribution is 5.76. The third-order valence-corrected chi connectivity index (χ3v) is 11.8. The van der Waals surface area contributed by atoms with E-state index in [0.29, 0.717) is 12.8 Å². The monoisotopic (exact) mass is 810 g/mol. The van der Waals surface area contributed by atoms with E-state index in [9.17, 15) is 14.7 Å². The molecule has 0 rings (SSSR count). The van der Waals surface area contributed by atoms with Crippen LogP contribution >= 0.6 is 0 Å². The molecule has 332 valence electrons. The number of hydrogen-bond donors (Lipinski definition) is 3. The molecule has 0 spiro atoms. The van der Waals surface area contributed by atoms with Crippen molar-refractivity contribution < 1.29 is 31.6 Å². The fraction of sp³-hybridized carbons (Fsp3) is 0.878. The second-order valence-electron chi connectivity index (χ2n) is 16.7. The van der Waals surface area contributed by atoms with E-state index in [1.165, 1.54) is 141 Å². The van der Waals surface area contributed by atoms with Crippen molar-refractivity contribution in [1.82, 2.24) is 10.6 Å². The number of carbonyl (C=O) groups is 2. The number of quaternary nitrogens is 1. The molecule has 0 aromatic heterocycles. The predicted octanol–water partition coefficient (Wildman–Crippen LogP) is 10.1. The average Bonchev–Trinajstić information content (AvgIpc) is 3.19. The van der Waals surface area contributed by atoms with Gasteiger partial charge in [0.25, 0.3) is 0 Å². The van der Waals surface area contributed by atoms with Crippen molar-refractivity contribution in [2.45, 2.75) is 239 Å². The third-order valence-electron chi connectivity index (χ3n) is 11.8. The molecule has 0 saturated heterocycles. The number of allylic oxidation sites excluding steroid dienone is 4. The Morgan fingerprint density at radius 2 is 0.911 bits per heavy atom. The molecule has 0 aromatic rings. The quantitative estimate of drug-likeness (QED) is 0.0326. The van der Waals surface area contributed by atoms with Crippen LogP contribution < -0.4 is 23.0 Å². The Morgan fingerprint density at radius 1 is 0.500 bits per heavy atom. The van der Waals surface area contributed by atoms with Gasteiger partial charge in [-0.2, -0.15) is 0 Å². The second-order valence-corrected chi connectivity index (χ2v) is 16.7. The van der Waals surface area contributed by atoms with Crippen LogP contribution in [0.3, 0.4) is 0 Å². The lowest BCUT2D eigenvalue weighted by Crippen LogP contribution is -3.00. The van der Waals surface area contributed by atoms with Crippen molar-refractivity contribution in [3.63, 3.8) is 0 Å². The lowest BCUT2D eigenvalue weighted by atomic mass is 10.0. The smallest absolute Gasteiger partial charge is 0.220 e. The van der Waals surface area contributed by atoms with Crippen molar-refractivity contribution in [2.75, 3.05) is 39.3 Å². The highest BCUT2D eigenvalue weighted by atomic mass is 35.5. The summed E-state index contributed by atoms with van der Waals surface area (Å²) in [5.74, 6) is 0.363. The molecule has 0 aliphatic carbocycles. The highest BCUT2D eigenvalue weighted by Gasteiger charge is 2.25. The normalized spacial score (nSPS) is 12.4. The van der Waals surface area contributed by atoms with Crippen LogP contribution in [-0.2, 0) is 9.59 Å². The molecular formula is C49H96ClN3O3. The van der Waals surface area contributed by atoms with Crippen LogP contribution in [0, 0.1) is 0 Å². The molecule has 0 aliphatic heterocycles. The molecule has 3 N–H and O–H groups in total. The summed E-state index contributed by atoms with van der Waals surface area (Å²) >= 11 is 0. The minimum absolute atomic E-state index is 0. The molecule has 6 nitrogen and oxygen atoms in total. The third kappa shape index (κ3) is 38.2. The fourth-order valence-corrected chi connectivity index (χ4v) is 7.77. The number of nitrogens with zero attached hydrogens (tertiary/aromatic N) is 1. The molecule has 7 heteroatoms. The molecule has 2 amide bonds. The number of aliphatic hydroxyl groups excluding tert-OH is 1. The Hall–Kier alpha value is -1.37. The maximum atomic E-state index is 12.9. The number of halogens is 1. The Balaban J connectivity index is 0. The molecule has 0 heterocycles. The summed E-state index contributed by atoms with van der Waals surface area (Å²) in [6.45, 7) is 14.1. The summed E-state index contributed by atoms with van der Waals surface area (Å²) in [6.07, 6.45) is 47.1. The zero-order valence-electron chi connectivity index (χ0n) is 37.8. The van der Waals surface area contributed by atoms with Gasteiger partial charge in [-0.1, -0.05) is 141 Å². The van der Waals surface area contributed by atoms with Gasteiger partial charge in [-0.15, -0.1) is 0 Å². The second kappa shape index (κ2) is 44.7. The Bertz CT molecular complexity index is 892. The van der Waals surface area contributed by atoms with Gasteiger partial charge < -0.3 is 32.6 Å². The molecule has 0 bridgehead atoms. The van der Waals surface area contributed by atoms with Crippen LogP contribution in [0.5, 0.6) is 0 Å². The number of amides is 2. The molecule has 1 unspecified atom stereocenters. The van der Waals surface area contributed by atoms with Gasteiger partial charge in [0.2, 0.25) is 11.8 Å². The van der Waals surface area contributed by atoms with Gasteiger partial charge in [-0.3, -0.25) is 9.59 Å². The largest absolute Gasteiger partial charge is 1.00 e. The summed E-state index contributed by atoms with van der Waals surface area (Å²) in [5.41, 5.74) is 0. The van der Waals surface area contributed by atoms with Gasteiger partial charge in [0.15, 0.2) is 0 Å². The molecule has 0 radical (unpaired) electrons. The van der Waals surface area contributed by atoms with Crippen LogP contribution in [0.1, 0.15) is 233 Å². The minimum atomic E-state index is 0. The summed E-state index contributed by atoms with van der Waals surface area (Å²) in [4.78, 5) is 25.4. The predicted molar refractivity (Wildman–Crippen MR) is 240 cm³/mol. The van der Waals surface area contributed by atoms with Crippen molar-refractivity contribution in [1.29, 1.82) is 0 Å². The molecule has 0 aromatic carbocycles. The fourth-order valence-electron chi connectivity index (χ4n) is 7.77. The van der Waals surface area contributed by atoms with Gasteiger partial charge in [0.05, 0.1) is 26.2 Å². The summed E-state index contributed by atoms with van der Waals surface area (Å²) < 4.78 is 1.00. The molecule has 56 heavy (non-hydrogen) atoms. The minimum Gasteiger partial charge on any atom is -1.00 e. The van der Waals surface area contributed by atoms with Crippen LogP contribution in [0.4, 0.5) is 0 Å². The van der Waals surface area contributed by atoms with Crippen molar-refractivity contribution >= 4 is 11.8 Å². The maximum Gasteiger partial charge on any atom is 0.220 e. The van der Waals surface area contributed by atoms with E-state index in [-0.39, 0.29) is 36.9 Å². The number of hydrogen-bond acceptors (Lipinski definition) is 3. The lowest BCUT2D eigenvalue weighted by Gasteiger charge is -2.38. The van der Waals surface area contributed by atoms with E-state index in [1.807, 2.05) is 0 Å². The highest BCUT2D eigenvalue weighted by Crippen LogP contribution is 2.15. The number of aliphatic hydroxyl groups is 1. The van der Waals surface area contributed by atoms with E-state index < -0.39 is 0 Å². The molecule has 0 aliphatic rings. The first-order chi connectivity index (χ1) is 27.0. The summed E-state index contributed by atoms with van der Waals surface area (Å²) in [5, 5.41) is 16.0. The van der Waals surface area contributed by atoms with Gasteiger partial charge in [-0.05, 0) is 90.9 Å². The number of nitrogens with one attached hydrogen (secondary N) is 2. The summed E-state index contributed by atoms with van der Waals surface area (Å²) in [6, 6.07) is 0.115. The van der Waals surface area contributed by atoms with E-state index in [1.54, 1.807) is 0 Å². The van der Waals surface area contributed by atoms with Crippen LogP contribution in [0.2, 0.25) is 0 Å². The molecule has 1 atom stereocenters.